The Bertz CT molecular complexity index is 1270. The van der Waals surface area contributed by atoms with Gasteiger partial charge in [0.05, 0.1) is 0 Å². The summed E-state index contributed by atoms with van der Waals surface area (Å²) in [4.78, 5) is 38.3. The second-order valence-electron chi connectivity index (χ2n) is 21.7. The van der Waals surface area contributed by atoms with Gasteiger partial charge >= 0.3 is 17.9 Å². The second-order valence-corrected chi connectivity index (χ2v) is 21.7. The van der Waals surface area contributed by atoms with E-state index in [1.165, 1.54) is 212 Å². The average Bonchev–Trinajstić information content (AvgIpc) is 3.39. The van der Waals surface area contributed by atoms with Crippen LogP contribution in [0.15, 0.2) is 48.6 Å². The van der Waals surface area contributed by atoms with Gasteiger partial charge in [0.1, 0.15) is 13.2 Å². The minimum Gasteiger partial charge on any atom is -0.462 e. The monoisotopic (exact) mass is 1020 g/mol. The molecule has 0 aliphatic carbocycles. The molecule has 0 heterocycles. The van der Waals surface area contributed by atoms with Gasteiger partial charge in [0.25, 0.3) is 0 Å². The summed E-state index contributed by atoms with van der Waals surface area (Å²) in [6, 6.07) is 0. The fraction of sp³-hybridized carbons (Fsp3) is 0.836. The summed E-state index contributed by atoms with van der Waals surface area (Å²) < 4.78 is 16.9. The van der Waals surface area contributed by atoms with E-state index in [4.69, 9.17) is 14.2 Å². The van der Waals surface area contributed by atoms with Crippen LogP contribution in [0.3, 0.4) is 0 Å². The lowest BCUT2D eigenvalue weighted by Crippen LogP contribution is -2.30. The van der Waals surface area contributed by atoms with Crippen molar-refractivity contribution in [2.45, 2.75) is 348 Å². The number of allylic oxidation sites excluding steroid dienone is 8. The third-order valence-corrected chi connectivity index (χ3v) is 14.3. The Morgan fingerprint density at radius 1 is 0.274 bits per heavy atom. The Labute approximate surface area is 454 Å². The number of esters is 3. The van der Waals surface area contributed by atoms with Gasteiger partial charge in [0.2, 0.25) is 0 Å². The van der Waals surface area contributed by atoms with Gasteiger partial charge in [-0.3, -0.25) is 14.4 Å². The molecule has 6 heteroatoms. The topological polar surface area (TPSA) is 78.9 Å². The molecule has 6 nitrogen and oxygen atoms in total. The first-order valence-corrected chi connectivity index (χ1v) is 32.1. The lowest BCUT2D eigenvalue weighted by molar-refractivity contribution is -0.167. The third-order valence-electron chi connectivity index (χ3n) is 14.3. The highest BCUT2D eigenvalue weighted by atomic mass is 16.6. The maximum absolute atomic E-state index is 12.9. The Kier molecular flexibility index (Phi) is 59.7. The zero-order valence-corrected chi connectivity index (χ0v) is 48.9. The van der Waals surface area contributed by atoms with Crippen LogP contribution in [0.1, 0.15) is 342 Å². The van der Waals surface area contributed by atoms with Crippen LogP contribution in [-0.2, 0) is 28.6 Å². The molecule has 1 atom stereocenters. The van der Waals surface area contributed by atoms with Crippen LogP contribution >= 0.6 is 0 Å². The first-order valence-electron chi connectivity index (χ1n) is 32.1. The van der Waals surface area contributed by atoms with Crippen LogP contribution in [0.4, 0.5) is 0 Å². The van der Waals surface area contributed by atoms with Crippen molar-refractivity contribution in [3.8, 4) is 0 Å². The fourth-order valence-corrected chi connectivity index (χ4v) is 9.46. The van der Waals surface area contributed by atoms with E-state index in [2.05, 4.69) is 69.4 Å². The largest absolute Gasteiger partial charge is 0.462 e. The van der Waals surface area contributed by atoms with Crippen LogP contribution in [-0.4, -0.2) is 37.2 Å². The molecule has 0 amide bonds. The lowest BCUT2D eigenvalue weighted by Gasteiger charge is -2.18. The van der Waals surface area contributed by atoms with E-state index in [-0.39, 0.29) is 31.1 Å². The van der Waals surface area contributed by atoms with E-state index < -0.39 is 6.10 Å². The van der Waals surface area contributed by atoms with Crippen LogP contribution in [0, 0.1) is 0 Å². The number of hydrogen-bond acceptors (Lipinski definition) is 6. The standard InChI is InChI=1S/C67H122O6/c1-4-7-10-13-16-19-22-25-27-29-30-31-32-33-34-35-36-38-39-42-45-48-51-54-57-60-66(69)72-63-64(62-71-65(68)59-56-53-50-47-44-41-24-21-18-15-12-9-6-3)73-67(70)61-58-55-52-49-46-43-40-37-28-26-23-20-17-14-11-8-5-2/h12,15,21-22,24-25,29-30,64H,4-11,13-14,16-20,23,26-28,31-63H2,1-3H3/b15-12-,24-21-,25-22-,30-29-. The van der Waals surface area contributed by atoms with E-state index in [1.807, 2.05) is 0 Å². The maximum Gasteiger partial charge on any atom is 0.306 e. The number of rotatable bonds is 59. The Hall–Kier alpha value is -2.63. The van der Waals surface area contributed by atoms with Gasteiger partial charge in [-0.1, -0.05) is 294 Å². The fourth-order valence-electron chi connectivity index (χ4n) is 9.46. The molecule has 0 fully saturated rings. The molecule has 0 aromatic heterocycles. The molecule has 0 radical (unpaired) electrons. The highest BCUT2D eigenvalue weighted by Crippen LogP contribution is 2.17. The molecule has 0 bridgehead atoms. The van der Waals surface area contributed by atoms with Crippen molar-refractivity contribution in [3.05, 3.63) is 48.6 Å². The van der Waals surface area contributed by atoms with Gasteiger partial charge in [-0.2, -0.15) is 0 Å². The van der Waals surface area contributed by atoms with Gasteiger partial charge < -0.3 is 14.2 Å². The molecule has 0 N–H and O–H groups in total. The molecule has 426 valence electrons. The number of carbonyl (C=O) groups excluding carboxylic acids is 3. The van der Waals surface area contributed by atoms with Crippen molar-refractivity contribution in [1.29, 1.82) is 0 Å². The van der Waals surface area contributed by atoms with Crippen molar-refractivity contribution in [1.82, 2.24) is 0 Å². The predicted molar refractivity (Wildman–Crippen MR) is 316 cm³/mol. The number of unbranched alkanes of at least 4 members (excludes halogenated alkanes) is 40. The summed E-state index contributed by atoms with van der Waals surface area (Å²) in [6.07, 6.45) is 76.9. The van der Waals surface area contributed by atoms with Gasteiger partial charge in [0.15, 0.2) is 6.10 Å². The zero-order chi connectivity index (χ0) is 52.9. The third kappa shape index (κ3) is 60.1. The summed E-state index contributed by atoms with van der Waals surface area (Å²) in [5, 5.41) is 0. The second kappa shape index (κ2) is 61.9. The first-order chi connectivity index (χ1) is 36.0. The van der Waals surface area contributed by atoms with Crippen molar-refractivity contribution in [2.24, 2.45) is 0 Å². The molecular weight excluding hydrogens is 901 g/mol. The van der Waals surface area contributed by atoms with E-state index in [9.17, 15) is 14.4 Å². The molecule has 0 saturated heterocycles. The maximum atomic E-state index is 12.9. The molecular formula is C67H122O6. The smallest absolute Gasteiger partial charge is 0.306 e. The average molecular weight is 1020 g/mol. The Morgan fingerprint density at radius 2 is 0.521 bits per heavy atom. The normalized spacial score (nSPS) is 12.3. The summed E-state index contributed by atoms with van der Waals surface area (Å²) >= 11 is 0. The molecule has 0 aromatic rings. The lowest BCUT2D eigenvalue weighted by atomic mass is 10.0. The Morgan fingerprint density at radius 3 is 0.808 bits per heavy atom. The number of ether oxygens (including phenoxy) is 3. The molecule has 73 heavy (non-hydrogen) atoms. The SMILES string of the molecule is CCC/C=C\C/C=C\CCCCCCCC(=O)OCC(COC(=O)CCCCCCCCCCCCCCC/C=C\C/C=C\CCCCCCC)OC(=O)CCCCCCCCCCCCCCCCCCC. The van der Waals surface area contributed by atoms with Crippen molar-refractivity contribution in [2.75, 3.05) is 13.2 Å². The Balaban J connectivity index is 4.25. The van der Waals surface area contributed by atoms with Crippen LogP contribution < -0.4 is 0 Å². The summed E-state index contributed by atoms with van der Waals surface area (Å²) in [5.41, 5.74) is 0. The zero-order valence-electron chi connectivity index (χ0n) is 48.9. The molecule has 0 rings (SSSR count). The highest BCUT2D eigenvalue weighted by molar-refractivity contribution is 5.71. The molecule has 0 aliphatic heterocycles. The van der Waals surface area contributed by atoms with Gasteiger partial charge in [0, 0.05) is 19.3 Å². The highest BCUT2D eigenvalue weighted by Gasteiger charge is 2.19. The van der Waals surface area contributed by atoms with E-state index in [0.29, 0.717) is 19.3 Å². The predicted octanol–water partition coefficient (Wildman–Crippen LogP) is 21.8. The van der Waals surface area contributed by atoms with Crippen LogP contribution in [0.2, 0.25) is 0 Å². The molecule has 0 aromatic carbocycles. The van der Waals surface area contributed by atoms with Crippen LogP contribution in [0.25, 0.3) is 0 Å². The summed E-state index contributed by atoms with van der Waals surface area (Å²) in [6.45, 7) is 6.61. The van der Waals surface area contributed by atoms with E-state index >= 15 is 0 Å². The summed E-state index contributed by atoms with van der Waals surface area (Å²) in [7, 11) is 0. The van der Waals surface area contributed by atoms with Crippen LogP contribution in [0.5, 0.6) is 0 Å². The molecule has 0 saturated carbocycles. The minimum atomic E-state index is -0.777. The number of hydrogen-bond donors (Lipinski definition) is 0. The molecule has 1 unspecified atom stereocenters. The molecule has 0 spiro atoms. The number of carbonyl (C=O) groups is 3. The van der Waals surface area contributed by atoms with Crippen molar-refractivity contribution >= 4 is 17.9 Å². The van der Waals surface area contributed by atoms with E-state index in [1.54, 1.807) is 0 Å². The molecule has 0 aliphatic rings. The summed E-state index contributed by atoms with van der Waals surface area (Å²) in [5.74, 6) is -0.869. The van der Waals surface area contributed by atoms with Gasteiger partial charge in [-0.15, -0.1) is 0 Å². The van der Waals surface area contributed by atoms with Gasteiger partial charge in [-0.25, -0.2) is 0 Å². The first kappa shape index (κ1) is 70.4. The van der Waals surface area contributed by atoms with Crippen molar-refractivity contribution < 1.29 is 28.6 Å². The van der Waals surface area contributed by atoms with Gasteiger partial charge in [-0.05, 0) is 77.0 Å². The minimum absolute atomic E-state index is 0.0742. The van der Waals surface area contributed by atoms with E-state index in [0.717, 1.165) is 89.9 Å². The van der Waals surface area contributed by atoms with Crippen molar-refractivity contribution in [3.63, 3.8) is 0 Å². The quantitative estimate of drug-likeness (QED) is 0.0261.